The lowest BCUT2D eigenvalue weighted by Crippen LogP contribution is -2.43. The van der Waals surface area contributed by atoms with Gasteiger partial charge in [0.25, 0.3) is 0 Å². The number of nitrogens with zero attached hydrogens (tertiary/aromatic N) is 1. The van der Waals surface area contributed by atoms with Crippen LogP contribution < -0.4 is 5.32 Å². The second-order valence-corrected chi connectivity index (χ2v) is 7.19. The Morgan fingerprint density at radius 3 is 2.43 bits per heavy atom. The highest BCUT2D eigenvalue weighted by atomic mass is 32.2. The standard InChI is InChI=1S/C15H24N2O3S/c1-4-13(2)16-15(18)12-17(21(3,19)20)11-10-14-8-6-5-7-9-14/h5-9,13H,4,10-12H2,1-3H3,(H,16,18). The maximum atomic E-state index is 11.9. The van der Waals surface area contributed by atoms with E-state index in [2.05, 4.69) is 5.32 Å². The molecule has 0 saturated heterocycles. The number of hydrogen-bond acceptors (Lipinski definition) is 3. The molecule has 1 rings (SSSR count). The van der Waals surface area contributed by atoms with E-state index in [0.29, 0.717) is 13.0 Å². The van der Waals surface area contributed by atoms with Crippen molar-refractivity contribution in [1.82, 2.24) is 9.62 Å². The summed E-state index contributed by atoms with van der Waals surface area (Å²) in [6, 6.07) is 9.68. The summed E-state index contributed by atoms with van der Waals surface area (Å²) in [4.78, 5) is 11.9. The van der Waals surface area contributed by atoms with E-state index >= 15 is 0 Å². The average Bonchev–Trinajstić information content (AvgIpc) is 2.43. The third-order valence-electron chi connectivity index (χ3n) is 3.30. The second-order valence-electron chi connectivity index (χ2n) is 5.21. The van der Waals surface area contributed by atoms with Crippen molar-refractivity contribution in [1.29, 1.82) is 0 Å². The van der Waals surface area contributed by atoms with E-state index in [0.717, 1.165) is 18.2 Å². The first kappa shape index (κ1) is 17.7. The first-order valence-corrected chi connectivity index (χ1v) is 8.96. The highest BCUT2D eigenvalue weighted by Crippen LogP contribution is 2.04. The number of carbonyl (C=O) groups is 1. The molecule has 0 aliphatic carbocycles. The molecule has 0 bridgehead atoms. The number of nitrogens with one attached hydrogen (secondary N) is 1. The van der Waals surface area contributed by atoms with Crippen LogP contribution in [0.5, 0.6) is 0 Å². The lowest BCUT2D eigenvalue weighted by atomic mass is 10.1. The normalized spacial score (nSPS) is 13.1. The number of sulfonamides is 1. The first-order valence-electron chi connectivity index (χ1n) is 7.11. The highest BCUT2D eigenvalue weighted by molar-refractivity contribution is 7.88. The Morgan fingerprint density at radius 2 is 1.90 bits per heavy atom. The van der Waals surface area contributed by atoms with Crippen LogP contribution in [0.2, 0.25) is 0 Å². The van der Waals surface area contributed by atoms with Gasteiger partial charge in [0.2, 0.25) is 15.9 Å². The zero-order valence-electron chi connectivity index (χ0n) is 12.9. The van der Waals surface area contributed by atoms with Crippen molar-refractivity contribution in [3.05, 3.63) is 35.9 Å². The van der Waals surface area contributed by atoms with Crippen LogP contribution in [0.25, 0.3) is 0 Å². The number of amides is 1. The first-order chi connectivity index (χ1) is 9.82. The molecule has 1 unspecified atom stereocenters. The number of rotatable bonds is 8. The Balaban J connectivity index is 2.63. The second kappa shape index (κ2) is 8.14. The van der Waals surface area contributed by atoms with E-state index in [4.69, 9.17) is 0 Å². The molecule has 1 aromatic carbocycles. The van der Waals surface area contributed by atoms with Gasteiger partial charge in [0.1, 0.15) is 0 Å². The van der Waals surface area contributed by atoms with Crippen molar-refractivity contribution >= 4 is 15.9 Å². The fraction of sp³-hybridized carbons (Fsp3) is 0.533. The van der Waals surface area contributed by atoms with Crippen LogP contribution in [0.15, 0.2) is 30.3 Å². The van der Waals surface area contributed by atoms with Crippen LogP contribution in [-0.4, -0.2) is 44.0 Å². The summed E-state index contributed by atoms with van der Waals surface area (Å²) in [6.07, 6.45) is 2.54. The van der Waals surface area contributed by atoms with Gasteiger partial charge in [-0.2, -0.15) is 4.31 Å². The number of hydrogen-bond donors (Lipinski definition) is 1. The molecule has 0 aliphatic rings. The Kier molecular flexibility index (Phi) is 6.84. The summed E-state index contributed by atoms with van der Waals surface area (Å²) < 4.78 is 24.8. The molecule has 118 valence electrons. The van der Waals surface area contributed by atoms with Gasteiger partial charge in [0.05, 0.1) is 12.8 Å². The average molecular weight is 312 g/mol. The molecule has 0 fully saturated rings. The Labute approximate surface area is 127 Å². The van der Waals surface area contributed by atoms with E-state index in [9.17, 15) is 13.2 Å². The minimum Gasteiger partial charge on any atom is -0.353 e. The van der Waals surface area contributed by atoms with Crippen LogP contribution in [0.3, 0.4) is 0 Å². The molecule has 0 aliphatic heterocycles. The van der Waals surface area contributed by atoms with Crippen LogP contribution in [0, 0.1) is 0 Å². The third-order valence-corrected chi connectivity index (χ3v) is 4.55. The predicted octanol–water partition coefficient (Wildman–Crippen LogP) is 1.41. The Bertz CT molecular complexity index is 543. The zero-order valence-corrected chi connectivity index (χ0v) is 13.7. The van der Waals surface area contributed by atoms with E-state index in [-0.39, 0.29) is 18.5 Å². The molecular formula is C15H24N2O3S. The van der Waals surface area contributed by atoms with Gasteiger partial charge in [-0.05, 0) is 25.3 Å². The molecule has 21 heavy (non-hydrogen) atoms. The molecular weight excluding hydrogens is 288 g/mol. The molecule has 1 atom stereocenters. The van der Waals surface area contributed by atoms with Crippen molar-refractivity contribution in [3.8, 4) is 0 Å². The van der Waals surface area contributed by atoms with Gasteiger partial charge in [-0.3, -0.25) is 4.79 Å². The maximum absolute atomic E-state index is 11.9. The lowest BCUT2D eigenvalue weighted by molar-refractivity contribution is -0.121. The molecule has 1 aromatic rings. The fourth-order valence-electron chi connectivity index (χ4n) is 1.84. The van der Waals surface area contributed by atoms with Gasteiger partial charge >= 0.3 is 0 Å². The summed E-state index contributed by atoms with van der Waals surface area (Å²) in [5, 5.41) is 2.79. The maximum Gasteiger partial charge on any atom is 0.235 e. The van der Waals surface area contributed by atoms with E-state index in [1.165, 1.54) is 4.31 Å². The van der Waals surface area contributed by atoms with Gasteiger partial charge in [0.15, 0.2) is 0 Å². The van der Waals surface area contributed by atoms with Gasteiger partial charge in [0, 0.05) is 12.6 Å². The minimum atomic E-state index is -3.40. The SMILES string of the molecule is CCC(C)NC(=O)CN(CCc1ccccc1)S(C)(=O)=O. The summed E-state index contributed by atoms with van der Waals surface area (Å²) in [5.74, 6) is -0.261. The summed E-state index contributed by atoms with van der Waals surface area (Å²) in [5.41, 5.74) is 1.05. The molecule has 5 nitrogen and oxygen atoms in total. The smallest absolute Gasteiger partial charge is 0.235 e. The summed E-state index contributed by atoms with van der Waals surface area (Å²) in [7, 11) is -3.40. The summed E-state index contributed by atoms with van der Waals surface area (Å²) in [6.45, 7) is 4.04. The van der Waals surface area contributed by atoms with Gasteiger partial charge in [-0.15, -0.1) is 0 Å². The van der Waals surface area contributed by atoms with E-state index in [1.54, 1.807) is 0 Å². The number of carbonyl (C=O) groups excluding carboxylic acids is 1. The largest absolute Gasteiger partial charge is 0.353 e. The Morgan fingerprint density at radius 1 is 1.29 bits per heavy atom. The van der Waals surface area contributed by atoms with Crippen LogP contribution >= 0.6 is 0 Å². The van der Waals surface area contributed by atoms with E-state index < -0.39 is 10.0 Å². The van der Waals surface area contributed by atoms with Crippen molar-refractivity contribution in [3.63, 3.8) is 0 Å². The number of benzene rings is 1. The highest BCUT2D eigenvalue weighted by Gasteiger charge is 2.20. The van der Waals surface area contributed by atoms with Gasteiger partial charge < -0.3 is 5.32 Å². The predicted molar refractivity (Wildman–Crippen MR) is 84.5 cm³/mol. The van der Waals surface area contributed by atoms with E-state index in [1.807, 2.05) is 44.2 Å². The van der Waals surface area contributed by atoms with Gasteiger partial charge in [-0.1, -0.05) is 37.3 Å². The van der Waals surface area contributed by atoms with Crippen LogP contribution in [0.1, 0.15) is 25.8 Å². The minimum absolute atomic E-state index is 0.0491. The van der Waals surface area contributed by atoms with Crippen molar-refractivity contribution in [2.75, 3.05) is 19.3 Å². The summed E-state index contributed by atoms with van der Waals surface area (Å²) >= 11 is 0. The molecule has 1 N–H and O–H groups in total. The Hall–Kier alpha value is -1.40. The molecule has 1 amide bonds. The van der Waals surface area contributed by atoms with Crippen molar-refractivity contribution in [2.24, 2.45) is 0 Å². The third kappa shape index (κ3) is 6.73. The zero-order chi connectivity index (χ0) is 15.9. The molecule has 6 heteroatoms. The monoisotopic (exact) mass is 312 g/mol. The molecule has 0 radical (unpaired) electrons. The molecule has 0 aromatic heterocycles. The van der Waals surface area contributed by atoms with Crippen LogP contribution in [-0.2, 0) is 21.2 Å². The quantitative estimate of drug-likeness (QED) is 0.789. The van der Waals surface area contributed by atoms with Crippen molar-refractivity contribution in [2.45, 2.75) is 32.7 Å². The molecule has 0 heterocycles. The van der Waals surface area contributed by atoms with Gasteiger partial charge in [-0.25, -0.2) is 8.42 Å². The molecule has 0 saturated carbocycles. The topological polar surface area (TPSA) is 66.5 Å². The lowest BCUT2D eigenvalue weighted by Gasteiger charge is -2.20. The van der Waals surface area contributed by atoms with Crippen LogP contribution in [0.4, 0.5) is 0 Å². The fourth-order valence-corrected chi connectivity index (χ4v) is 2.62. The molecule has 0 spiro atoms. The van der Waals surface area contributed by atoms with Crippen molar-refractivity contribution < 1.29 is 13.2 Å².